The fourth-order valence-electron chi connectivity index (χ4n) is 1.61. The summed E-state index contributed by atoms with van der Waals surface area (Å²) in [5.74, 6) is 0. The summed E-state index contributed by atoms with van der Waals surface area (Å²) in [6, 6.07) is 3.58. The minimum Gasteiger partial charge on any atom is -0.361 e. The van der Waals surface area contributed by atoms with E-state index in [-0.39, 0.29) is 19.7 Å². The van der Waals surface area contributed by atoms with Crippen LogP contribution >= 0.6 is 27.3 Å². The van der Waals surface area contributed by atoms with E-state index >= 15 is 0 Å². The van der Waals surface area contributed by atoms with Crippen LogP contribution in [0.15, 0.2) is 14.1 Å². The summed E-state index contributed by atoms with van der Waals surface area (Å²) in [4.78, 5) is 0. The molecule has 0 N–H and O–H groups in total. The first-order valence-corrected chi connectivity index (χ1v) is 8.27. The second-order valence-electron chi connectivity index (χ2n) is 3.87. The van der Waals surface area contributed by atoms with Crippen molar-refractivity contribution < 1.29 is 13.2 Å². The Morgan fingerprint density at radius 2 is 2.39 bits per heavy atom. The molecule has 1 atom stereocenters. The SMILES string of the molecule is Cc1cc(S(=O)(=O)N2CCOC(C#N)C2)sc1Br. The lowest BCUT2D eigenvalue weighted by Gasteiger charge is -2.28. The van der Waals surface area contributed by atoms with E-state index in [0.29, 0.717) is 4.21 Å². The molecule has 1 unspecified atom stereocenters. The van der Waals surface area contributed by atoms with Gasteiger partial charge in [-0.05, 0) is 34.5 Å². The zero-order valence-corrected chi connectivity index (χ0v) is 12.8. The minimum atomic E-state index is -3.52. The van der Waals surface area contributed by atoms with Gasteiger partial charge in [-0.3, -0.25) is 0 Å². The van der Waals surface area contributed by atoms with Gasteiger partial charge < -0.3 is 4.74 Å². The summed E-state index contributed by atoms with van der Waals surface area (Å²) >= 11 is 4.50. The van der Waals surface area contributed by atoms with Crippen LogP contribution in [0.2, 0.25) is 0 Å². The van der Waals surface area contributed by atoms with Crippen molar-refractivity contribution >= 4 is 37.3 Å². The Balaban J connectivity index is 2.29. The molecule has 1 aromatic heterocycles. The third kappa shape index (κ3) is 2.60. The second kappa shape index (κ2) is 5.27. The van der Waals surface area contributed by atoms with Crippen molar-refractivity contribution in [2.75, 3.05) is 19.7 Å². The van der Waals surface area contributed by atoms with Gasteiger partial charge in [0.2, 0.25) is 0 Å². The quantitative estimate of drug-likeness (QED) is 0.814. The molecule has 1 aliphatic heterocycles. The molecule has 0 amide bonds. The molecule has 0 bridgehead atoms. The normalized spacial score (nSPS) is 21.7. The van der Waals surface area contributed by atoms with Crippen molar-refractivity contribution in [3.8, 4) is 6.07 Å². The lowest BCUT2D eigenvalue weighted by Crippen LogP contribution is -2.44. The molecule has 0 saturated carbocycles. The molecule has 0 spiro atoms. The summed E-state index contributed by atoms with van der Waals surface area (Å²) in [5.41, 5.74) is 0.892. The lowest BCUT2D eigenvalue weighted by molar-refractivity contribution is 0.0312. The highest BCUT2D eigenvalue weighted by molar-refractivity contribution is 9.11. The van der Waals surface area contributed by atoms with Crippen LogP contribution in [0, 0.1) is 18.3 Å². The van der Waals surface area contributed by atoms with Gasteiger partial charge in [0.25, 0.3) is 10.0 Å². The Bertz CT molecular complexity index is 571. The van der Waals surface area contributed by atoms with Crippen LogP contribution in [0.5, 0.6) is 0 Å². The first kappa shape index (κ1) is 14.0. The van der Waals surface area contributed by atoms with Gasteiger partial charge in [0.1, 0.15) is 4.21 Å². The monoisotopic (exact) mass is 350 g/mol. The largest absolute Gasteiger partial charge is 0.361 e. The van der Waals surface area contributed by atoms with Crippen molar-refractivity contribution in [3.63, 3.8) is 0 Å². The molecule has 1 fully saturated rings. The number of hydrogen-bond acceptors (Lipinski definition) is 5. The number of rotatable bonds is 2. The van der Waals surface area contributed by atoms with Crippen molar-refractivity contribution in [1.29, 1.82) is 5.26 Å². The van der Waals surface area contributed by atoms with E-state index in [1.807, 2.05) is 13.0 Å². The maximum absolute atomic E-state index is 12.4. The maximum atomic E-state index is 12.4. The molecule has 0 aromatic carbocycles. The van der Waals surface area contributed by atoms with E-state index in [1.165, 1.54) is 15.6 Å². The van der Waals surface area contributed by atoms with Gasteiger partial charge in [0.05, 0.1) is 23.0 Å². The van der Waals surface area contributed by atoms with E-state index in [4.69, 9.17) is 10.00 Å². The third-order valence-electron chi connectivity index (χ3n) is 2.60. The van der Waals surface area contributed by atoms with Crippen LogP contribution in [0.25, 0.3) is 0 Å². The summed E-state index contributed by atoms with van der Waals surface area (Å²) in [7, 11) is -3.52. The Kier molecular flexibility index (Phi) is 4.08. The van der Waals surface area contributed by atoms with Crippen LogP contribution in [-0.4, -0.2) is 38.5 Å². The van der Waals surface area contributed by atoms with Gasteiger partial charge in [0.15, 0.2) is 6.10 Å². The maximum Gasteiger partial charge on any atom is 0.252 e. The van der Waals surface area contributed by atoms with Crippen LogP contribution < -0.4 is 0 Å². The molecular weight excluding hydrogens is 340 g/mol. The molecule has 2 rings (SSSR count). The fourth-order valence-corrected chi connectivity index (χ4v) is 5.41. The molecule has 0 aliphatic carbocycles. The Labute approximate surface area is 118 Å². The number of halogens is 1. The van der Waals surface area contributed by atoms with Gasteiger partial charge in [-0.2, -0.15) is 9.57 Å². The average molecular weight is 351 g/mol. The molecule has 2 heterocycles. The number of nitriles is 1. The molecule has 98 valence electrons. The van der Waals surface area contributed by atoms with Crippen LogP contribution in [0.3, 0.4) is 0 Å². The van der Waals surface area contributed by atoms with Crippen molar-refractivity contribution in [1.82, 2.24) is 4.31 Å². The molecule has 0 radical (unpaired) electrons. The zero-order valence-electron chi connectivity index (χ0n) is 9.59. The first-order valence-electron chi connectivity index (χ1n) is 5.22. The highest BCUT2D eigenvalue weighted by Gasteiger charge is 2.32. The molecule has 18 heavy (non-hydrogen) atoms. The predicted octanol–water partition coefficient (Wildman–Crippen LogP) is 1.73. The number of sulfonamides is 1. The van der Waals surface area contributed by atoms with Crippen LogP contribution in [0.4, 0.5) is 0 Å². The number of nitrogens with zero attached hydrogens (tertiary/aromatic N) is 2. The minimum absolute atomic E-state index is 0.0907. The average Bonchev–Trinajstić information content (AvgIpc) is 2.70. The Hall–Kier alpha value is -0.460. The summed E-state index contributed by atoms with van der Waals surface area (Å²) in [6.07, 6.45) is -0.682. The van der Waals surface area contributed by atoms with Gasteiger partial charge in [-0.25, -0.2) is 8.42 Å². The summed E-state index contributed by atoms with van der Waals surface area (Å²) in [5, 5.41) is 8.79. The van der Waals surface area contributed by atoms with Crippen molar-refractivity contribution in [2.24, 2.45) is 0 Å². The predicted molar refractivity (Wildman–Crippen MR) is 70.9 cm³/mol. The van der Waals surface area contributed by atoms with Crippen LogP contribution in [-0.2, 0) is 14.8 Å². The van der Waals surface area contributed by atoms with E-state index < -0.39 is 16.1 Å². The fraction of sp³-hybridized carbons (Fsp3) is 0.500. The van der Waals surface area contributed by atoms with Crippen LogP contribution in [0.1, 0.15) is 5.56 Å². The number of ether oxygens (including phenoxy) is 1. The highest BCUT2D eigenvalue weighted by atomic mass is 79.9. The molecule has 8 heteroatoms. The molecule has 1 aliphatic rings. The number of aryl methyl sites for hydroxylation is 1. The Morgan fingerprint density at radius 1 is 1.67 bits per heavy atom. The van der Waals surface area contributed by atoms with Gasteiger partial charge in [-0.15, -0.1) is 11.3 Å². The number of morpholine rings is 1. The smallest absolute Gasteiger partial charge is 0.252 e. The van der Waals surface area contributed by atoms with Crippen molar-refractivity contribution in [3.05, 3.63) is 15.4 Å². The standard InChI is InChI=1S/C10H11BrN2O3S2/c1-7-4-9(17-10(7)11)18(14,15)13-2-3-16-8(5-12)6-13/h4,8H,2-3,6H2,1H3. The zero-order chi connectivity index (χ0) is 13.3. The number of hydrogen-bond donors (Lipinski definition) is 0. The second-order valence-corrected chi connectivity index (χ2v) is 8.41. The Morgan fingerprint density at radius 3 is 2.94 bits per heavy atom. The summed E-state index contributed by atoms with van der Waals surface area (Å²) in [6.45, 7) is 2.47. The number of thiophene rings is 1. The summed E-state index contributed by atoms with van der Waals surface area (Å²) < 4.78 is 32.3. The van der Waals surface area contributed by atoms with Gasteiger partial charge in [0, 0.05) is 6.54 Å². The molecule has 1 saturated heterocycles. The first-order chi connectivity index (χ1) is 8.45. The topological polar surface area (TPSA) is 70.4 Å². The highest BCUT2D eigenvalue weighted by Crippen LogP contribution is 2.32. The third-order valence-corrected chi connectivity index (χ3v) is 7.05. The van der Waals surface area contributed by atoms with Crippen molar-refractivity contribution in [2.45, 2.75) is 17.2 Å². The molecule has 5 nitrogen and oxygen atoms in total. The van der Waals surface area contributed by atoms with E-state index in [0.717, 1.165) is 9.35 Å². The van der Waals surface area contributed by atoms with E-state index in [1.54, 1.807) is 6.07 Å². The van der Waals surface area contributed by atoms with E-state index in [9.17, 15) is 8.42 Å². The van der Waals surface area contributed by atoms with Gasteiger partial charge >= 0.3 is 0 Å². The van der Waals surface area contributed by atoms with Gasteiger partial charge in [-0.1, -0.05) is 0 Å². The lowest BCUT2D eigenvalue weighted by atomic mass is 10.3. The van der Waals surface area contributed by atoms with E-state index in [2.05, 4.69) is 15.9 Å². The molecular formula is C10H11BrN2O3S2. The molecule has 1 aromatic rings.